The number of aromatic nitrogens is 1. The molecule has 1 atom stereocenters. The standard InChI is InChI=1S/C30H29ClF3NO5/c1-17(36)20-6-2-19(3-7-20)15-26(38)23(14-18-4-9-22(37)10-5-18)25-12-8-21(16-35(25)39)28-27(40-30(33)34)13-11-24(31)29(28)32/h2-3,6-8,11-13,16,18,22-23,30,36-37H,1,4-5,9-10,14-15H2/t18?,22?,23-/m1/s1. The van der Waals surface area contributed by atoms with Crippen LogP contribution < -0.4 is 9.47 Å². The summed E-state index contributed by atoms with van der Waals surface area (Å²) in [5, 5.41) is 32.4. The molecule has 0 bridgehead atoms. The number of aliphatic hydroxyl groups excluding tert-OH is 2. The van der Waals surface area contributed by atoms with Crippen molar-refractivity contribution in [1.82, 2.24) is 0 Å². The average Bonchev–Trinajstić information content (AvgIpc) is 2.91. The third-order valence-electron chi connectivity index (χ3n) is 7.30. The van der Waals surface area contributed by atoms with Gasteiger partial charge >= 0.3 is 6.61 Å². The topological polar surface area (TPSA) is 93.7 Å². The molecule has 0 aliphatic heterocycles. The maximum atomic E-state index is 14.9. The highest BCUT2D eigenvalue weighted by atomic mass is 35.5. The van der Waals surface area contributed by atoms with Gasteiger partial charge in [0.1, 0.15) is 17.4 Å². The second-order valence-electron chi connectivity index (χ2n) is 10.0. The maximum Gasteiger partial charge on any atom is 0.387 e. The zero-order valence-corrected chi connectivity index (χ0v) is 22.3. The highest BCUT2D eigenvalue weighted by Gasteiger charge is 2.33. The van der Waals surface area contributed by atoms with E-state index in [9.17, 15) is 33.4 Å². The third-order valence-corrected chi connectivity index (χ3v) is 7.59. The Kier molecular flexibility index (Phi) is 9.37. The summed E-state index contributed by atoms with van der Waals surface area (Å²) in [6.45, 7) is 0.256. The lowest BCUT2D eigenvalue weighted by Crippen LogP contribution is -2.37. The first-order valence-corrected chi connectivity index (χ1v) is 13.3. The molecule has 1 aliphatic rings. The molecule has 2 N–H and O–H groups in total. The summed E-state index contributed by atoms with van der Waals surface area (Å²) in [5.74, 6) is -2.51. The van der Waals surface area contributed by atoms with Gasteiger partial charge in [-0.25, -0.2) is 4.39 Å². The number of benzene rings is 2. The van der Waals surface area contributed by atoms with Crippen molar-refractivity contribution in [3.63, 3.8) is 0 Å². The molecule has 10 heteroatoms. The molecule has 0 saturated heterocycles. The van der Waals surface area contributed by atoms with Crippen molar-refractivity contribution in [2.24, 2.45) is 5.92 Å². The number of carbonyl (C=O) groups excluding carboxylic acids is 1. The molecule has 0 amide bonds. The summed E-state index contributed by atoms with van der Waals surface area (Å²) in [7, 11) is 0. The first-order valence-electron chi connectivity index (χ1n) is 12.9. The van der Waals surface area contributed by atoms with Crippen LogP contribution in [0.3, 0.4) is 0 Å². The molecule has 2 aromatic carbocycles. The van der Waals surface area contributed by atoms with Crippen LogP contribution in [0.5, 0.6) is 5.75 Å². The quantitative estimate of drug-likeness (QED) is 0.158. The largest absolute Gasteiger partial charge is 0.618 e. The van der Waals surface area contributed by atoms with Gasteiger partial charge in [-0.15, -0.1) is 0 Å². The minimum atomic E-state index is -3.22. The van der Waals surface area contributed by atoms with Gasteiger partial charge in [-0.05, 0) is 61.8 Å². The van der Waals surface area contributed by atoms with Gasteiger partial charge in [0.05, 0.1) is 22.3 Å². The van der Waals surface area contributed by atoms with E-state index in [4.69, 9.17) is 11.6 Å². The summed E-state index contributed by atoms with van der Waals surface area (Å²) in [5.41, 5.74) is 0.909. The Hall–Kier alpha value is -3.56. The number of halogens is 4. The number of carbonyl (C=O) groups is 1. The Morgan fingerprint density at radius 3 is 2.38 bits per heavy atom. The number of rotatable bonds is 10. The lowest BCUT2D eigenvalue weighted by Gasteiger charge is -2.28. The number of Topliss-reactive ketones (excluding diaryl/α,β-unsaturated/α-hetero) is 1. The monoisotopic (exact) mass is 575 g/mol. The van der Waals surface area contributed by atoms with Crippen LogP contribution in [0.2, 0.25) is 5.02 Å². The fourth-order valence-electron chi connectivity index (χ4n) is 5.18. The van der Waals surface area contributed by atoms with Crippen LogP contribution in [-0.2, 0) is 11.2 Å². The first-order chi connectivity index (χ1) is 19.0. The van der Waals surface area contributed by atoms with E-state index < -0.39 is 29.7 Å². The Morgan fingerprint density at radius 1 is 1.10 bits per heavy atom. The molecular weight excluding hydrogens is 547 g/mol. The molecule has 1 aliphatic carbocycles. The molecule has 0 radical (unpaired) electrons. The predicted molar refractivity (Wildman–Crippen MR) is 145 cm³/mol. The number of alkyl halides is 2. The van der Waals surface area contributed by atoms with Crippen LogP contribution in [0.15, 0.2) is 61.3 Å². The van der Waals surface area contributed by atoms with Crippen molar-refractivity contribution in [1.29, 1.82) is 0 Å². The highest BCUT2D eigenvalue weighted by molar-refractivity contribution is 6.31. The number of aliphatic hydroxyl groups is 2. The summed E-state index contributed by atoms with van der Waals surface area (Å²) >= 11 is 5.87. The molecule has 1 heterocycles. The van der Waals surface area contributed by atoms with Gasteiger partial charge in [0, 0.05) is 18.1 Å². The van der Waals surface area contributed by atoms with Crippen LogP contribution in [0.25, 0.3) is 16.9 Å². The second-order valence-corrected chi connectivity index (χ2v) is 10.4. The van der Waals surface area contributed by atoms with Crippen molar-refractivity contribution < 1.29 is 37.6 Å². The van der Waals surface area contributed by atoms with E-state index >= 15 is 0 Å². The zero-order valence-electron chi connectivity index (χ0n) is 21.5. The average molecular weight is 576 g/mol. The number of ketones is 1. The van der Waals surface area contributed by atoms with E-state index in [1.54, 1.807) is 24.3 Å². The third kappa shape index (κ3) is 6.95. The fourth-order valence-corrected chi connectivity index (χ4v) is 5.33. The Labute approximate surface area is 234 Å². The SMILES string of the molecule is C=C(O)c1ccc(CC(=O)[C@H](CC2CCC(O)CC2)c2ccc(-c3c(OC(F)F)ccc(Cl)c3F)c[n+]2[O-])cc1. The number of nitrogens with zero attached hydrogens (tertiary/aromatic N) is 1. The highest BCUT2D eigenvalue weighted by Crippen LogP contribution is 2.38. The summed E-state index contributed by atoms with van der Waals surface area (Å²) in [6, 6.07) is 11.6. The molecule has 1 fully saturated rings. The van der Waals surface area contributed by atoms with E-state index in [-0.39, 0.29) is 46.3 Å². The summed E-state index contributed by atoms with van der Waals surface area (Å²) in [4.78, 5) is 13.6. The van der Waals surface area contributed by atoms with E-state index in [2.05, 4.69) is 11.3 Å². The van der Waals surface area contributed by atoms with E-state index in [1.807, 2.05) is 0 Å². The lowest BCUT2D eigenvalue weighted by atomic mass is 9.78. The number of pyridine rings is 1. The van der Waals surface area contributed by atoms with Gasteiger partial charge in [0.2, 0.25) is 5.69 Å². The van der Waals surface area contributed by atoms with E-state index in [0.29, 0.717) is 48.0 Å². The van der Waals surface area contributed by atoms with Gasteiger partial charge < -0.3 is 20.2 Å². The smallest absolute Gasteiger partial charge is 0.387 e. The van der Waals surface area contributed by atoms with Crippen molar-refractivity contribution in [2.45, 2.75) is 57.2 Å². The minimum Gasteiger partial charge on any atom is -0.618 e. The molecule has 212 valence electrons. The Morgan fingerprint density at radius 2 is 1.77 bits per heavy atom. The van der Waals surface area contributed by atoms with Crippen molar-refractivity contribution >= 4 is 23.1 Å². The van der Waals surface area contributed by atoms with Crippen LogP contribution in [-0.4, -0.2) is 28.7 Å². The molecule has 6 nitrogen and oxygen atoms in total. The molecule has 0 unspecified atom stereocenters. The summed E-state index contributed by atoms with van der Waals surface area (Å²) < 4.78 is 45.7. The number of hydrogen-bond acceptors (Lipinski definition) is 5. The second kappa shape index (κ2) is 12.7. The van der Waals surface area contributed by atoms with Crippen LogP contribution >= 0.6 is 11.6 Å². The lowest BCUT2D eigenvalue weighted by molar-refractivity contribution is -0.614. The molecule has 1 saturated carbocycles. The normalized spacial score (nSPS) is 17.9. The number of hydrogen-bond donors (Lipinski definition) is 2. The van der Waals surface area contributed by atoms with Gasteiger partial charge in [0.15, 0.2) is 17.8 Å². The molecule has 3 aromatic rings. The maximum absolute atomic E-state index is 14.9. The van der Waals surface area contributed by atoms with Gasteiger partial charge in [-0.2, -0.15) is 13.5 Å². The van der Waals surface area contributed by atoms with Gasteiger partial charge in [0.25, 0.3) is 0 Å². The van der Waals surface area contributed by atoms with Crippen LogP contribution in [0.1, 0.15) is 54.8 Å². The number of ether oxygens (including phenoxy) is 1. The summed E-state index contributed by atoms with van der Waals surface area (Å²) in [6.07, 6.45) is 3.67. The Bertz CT molecular complexity index is 1370. The molecule has 4 rings (SSSR count). The van der Waals surface area contributed by atoms with E-state index in [1.165, 1.54) is 12.1 Å². The van der Waals surface area contributed by atoms with Crippen molar-refractivity contribution in [3.8, 4) is 16.9 Å². The molecule has 0 spiro atoms. The van der Waals surface area contributed by atoms with Gasteiger partial charge in [-0.1, -0.05) is 42.4 Å². The molecular formula is C30H29ClF3NO5. The fraction of sp³-hybridized carbons (Fsp3) is 0.333. The zero-order chi connectivity index (χ0) is 29.0. The molecule has 1 aromatic heterocycles. The molecule has 40 heavy (non-hydrogen) atoms. The first kappa shape index (κ1) is 29.4. The van der Waals surface area contributed by atoms with E-state index in [0.717, 1.165) is 18.3 Å². The van der Waals surface area contributed by atoms with Crippen LogP contribution in [0.4, 0.5) is 13.2 Å². The van der Waals surface area contributed by atoms with Crippen molar-refractivity contribution in [2.75, 3.05) is 0 Å². The predicted octanol–water partition coefficient (Wildman–Crippen LogP) is 6.75. The van der Waals surface area contributed by atoms with Gasteiger partial charge in [-0.3, -0.25) is 4.79 Å². The van der Waals surface area contributed by atoms with Crippen molar-refractivity contribution in [3.05, 3.63) is 94.2 Å². The minimum absolute atomic E-state index is 0.0231. The Balaban J connectivity index is 1.67. The van der Waals surface area contributed by atoms with Crippen LogP contribution in [0, 0.1) is 16.9 Å².